The average Bonchev–Trinajstić information content (AvgIpc) is 3.40. The predicted octanol–water partition coefficient (Wildman–Crippen LogP) is 4.70. The molecule has 1 heterocycles. The zero-order valence-electron chi connectivity index (χ0n) is 19.0. The number of carbonyl (C=O) groups is 3. The van der Waals surface area contributed by atoms with Gasteiger partial charge in [-0.2, -0.15) is 0 Å². The lowest BCUT2D eigenvalue weighted by Crippen LogP contribution is -2.49. The quantitative estimate of drug-likeness (QED) is 0.403. The zero-order valence-corrected chi connectivity index (χ0v) is 19.8. The Hall–Kier alpha value is -3.65. The Morgan fingerprint density at radius 1 is 0.943 bits per heavy atom. The third kappa shape index (κ3) is 5.07. The van der Waals surface area contributed by atoms with Gasteiger partial charge in [-0.3, -0.25) is 4.79 Å². The van der Waals surface area contributed by atoms with Crippen LogP contribution in [0.1, 0.15) is 47.2 Å². The highest BCUT2D eigenvalue weighted by Gasteiger charge is 2.34. The van der Waals surface area contributed by atoms with Crippen LogP contribution in [-0.4, -0.2) is 35.7 Å². The van der Waals surface area contributed by atoms with Crippen LogP contribution in [0.25, 0.3) is 11.1 Å². The van der Waals surface area contributed by atoms with Crippen LogP contribution < -0.4 is 10.6 Å². The van der Waals surface area contributed by atoms with Gasteiger partial charge in [0.1, 0.15) is 12.6 Å². The summed E-state index contributed by atoms with van der Waals surface area (Å²) in [5.74, 6) is -1.41. The third-order valence-electron chi connectivity index (χ3n) is 6.58. The topological polar surface area (TPSA) is 105 Å². The maximum Gasteiger partial charge on any atom is 0.407 e. The van der Waals surface area contributed by atoms with Crippen LogP contribution in [0.5, 0.6) is 0 Å². The van der Waals surface area contributed by atoms with E-state index in [0.29, 0.717) is 17.2 Å². The summed E-state index contributed by atoms with van der Waals surface area (Å²) in [6.07, 6.45) is 1.75. The van der Waals surface area contributed by atoms with Gasteiger partial charge >= 0.3 is 12.1 Å². The molecule has 0 spiro atoms. The summed E-state index contributed by atoms with van der Waals surface area (Å²) in [5, 5.41) is 16.6. The lowest BCUT2D eigenvalue weighted by molar-refractivity contribution is -0.142. The summed E-state index contributed by atoms with van der Waals surface area (Å²) < 4.78 is 5.60. The molecule has 7 nitrogen and oxygen atoms in total. The van der Waals surface area contributed by atoms with Crippen LogP contribution in [0.4, 0.5) is 4.79 Å². The highest BCUT2D eigenvalue weighted by atomic mass is 32.1. The minimum Gasteiger partial charge on any atom is -0.479 e. The highest BCUT2D eigenvalue weighted by molar-refractivity contribution is 7.10. The van der Waals surface area contributed by atoms with Crippen LogP contribution >= 0.6 is 11.3 Å². The van der Waals surface area contributed by atoms with Crippen LogP contribution in [-0.2, 0) is 14.3 Å². The number of aliphatic carboxylic acids is 1. The van der Waals surface area contributed by atoms with E-state index in [-0.39, 0.29) is 12.5 Å². The van der Waals surface area contributed by atoms with Crippen molar-refractivity contribution in [2.45, 2.75) is 37.3 Å². The van der Waals surface area contributed by atoms with Crippen molar-refractivity contribution in [2.24, 2.45) is 5.92 Å². The summed E-state index contributed by atoms with van der Waals surface area (Å²) in [7, 11) is 0. The molecule has 2 amide bonds. The van der Waals surface area contributed by atoms with Crippen molar-refractivity contribution < 1.29 is 24.2 Å². The van der Waals surface area contributed by atoms with E-state index < -0.39 is 30.1 Å². The van der Waals surface area contributed by atoms with Crippen molar-refractivity contribution in [3.63, 3.8) is 0 Å². The number of carboxylic acid groups (broad SMARTS) is 1. The molecule has 3 N–H and O–H groups in total. The second-order valence-corrected chi connectivity index (χ2v) is 9.98. The number of nitrogens with one attached hydrogen (secondary N) is 2. The molecule has 2 aliphatic rings. The van der Waals surface area contributed by atoms with Gasteiger partial charge in [-0.25, -0.2) is 9.59 Å². The van der Waals surface area contributed by atoms with Gasteiger partial charge in [-0.05, 0) is 46.0 Å². The molecule has 2 aromatic carbocycles. The molecule has 35 heavy (non-hydrogen) atoms. The average molecular weight is 491 g/mol. The van der Waals surface area contributed by atoms with Crippen molar-refractivity contribution in [3.05, 3.63) is 82.0 Å². The molecule has 2 aliphatic carbocycles. The maximum atomic E-state index is 13.0. The van der Waals surface area contributed by atoms with E-state index in [4.69, 9.17) is 4.74 Å². The molecule has 0 bridgehead atoms. The van der Waals surface area contributed by atoms with E-state index in [0.717, 1.165) is 35.1 Å². The number of benzene rings is 2. The molecule has 0 saturated heterocycles. The lowest BCUT2D eigenvalue weighted by Gasteiger charge is -2.21. The van der Waals surface area contributed by atoms with Crippen molar-refractivity contribution in [1.82, 2.24) is 10.6 Å². The van der Waals surface area contributed by atoms with Gasteiger partial charge in [0.2, 0.25) is 5.91 Å². The van der Waals surface area contributed by atoms with E-state index in [2.05, 4.69) is 22.8 Å². The first-order valence-electron chi connectivity index (χ1n) is 11.7. The number of fused-ring (bicyclic) bond motifs is 3. The largest absolute Gasteiger partial charge is 0.479 e. The number of thiophene rings is 1. The van der Waals surface area contributed by atoms with E-state index >= 15 is 0 Å². The number of carbonyl (C=O) groups excluding carboxylic acids is 2. The van der Waals surface area contributed by atoms with E-state index in [1.807, 2.05) is 36.4 Å². The van der Waals surface area contributed by atoms with Crippen LogP contribution in [0.15, 0.2) is 66.0 Å². The molecule has 2 atom stereocenters. The second-order valence-electron chi connectivity index (χ2n) is 9.00. The first-order valence-corrected chi connectivity index (χ1v) is 12.6. The maximum absolute atomic E-state index is 13.0. The zero-order chi connectivity index (χ0) is 24.4. The minimum atomic E-state index is -1.16. The van der Waals surface area contributed by atoms with Gasteiger partial charge in [0.25, 0.3) is 0 Å². The van der Waals surface area contributed by atoms with Gasteiger partial charge in [-0.1, -0.05) is 67.4 Å². The molecular formula is C27H26N2O5S. The Bertz CT molecular complexity index is 1190. The Labute approximate surface area is 207 Å². The minimum absolute atomic E-state index is 0.0842. The van der Waals surface area contributed by atoms with Crippen molar-refractivity contribution in [2.75, 3.05) is 6.61 Å². The normalized spacial score (nSPS) is 16.0. The fourth-order valence-electron chi connectivity index (χ4n) is 4.65. The summed E-state index contributed by atoms with van der Waals surface area (Å²) in [6, 6.07) is 17.5. The fraction of sp³-hybridized carbons (Fsp3) is 0.296. The first kappa shape index (κ1) is 23.1. The number of rotatable bonds is 9. The van der Waals surface area contributed by atoms with Gasteiger partial charge in [0.15, 0.2) is 6.04 Å². The van der Waals surface area contributed by atoms with Gasteiger partial charge in [-0.15, -0.1) is 11.3 Å². The molecule has 1 fully saturated rings. The lowest BCUT2D eigenvalue weighted by atomic mass is 9.98. The Kier molecular flexibility index (Phi) is 6.55. The third-order valence-corrected chi connectivity index (χ3v) is 7.52. The summed E-state index contributed by atoms with van der Waals surface area (Å²) >= 11 is 1.26. The molecule has 0 aliphatic heterocycles. The molecule has 180 valence electrons. The van der Waals surface area contributed by atoms with Crippen LogP contribution in [0.2, 0.25) is 0 Å². The molecule has 1 aromatic heterocycles. The smallest absolute Gasteiger partial charge is 0.407 e. The van der Waals surface area contributed by atoms with Gasteiger partial charge in [0.05, 0.1) is 0 Å². The number of alkyl carbamates (subject to hydrolysis) is 1. The molecule has 1 saturated carbocycles. The van der Waals surface area contributed by atoms with Crippen molar-refractivity contribution in [1.29, 1.82) is 0 Å². The predicted molar refractivity (Wildman–Crippen MR) is 132 cm³/mol. The molecule has 3 aromatic rings. The Morgan fingerprint density at radius 3 is 2.17 bits per heavy atom. The highest BCUT2D eigenvalue weighted by Crippen LogP contribution is 2.44. The standard InChI is InChI=1S/C27H26N2O5S/c30-25(29-24(26(31)32)23-10-5-13-35-23)22(14-16-11-12-16)28-27(33)34-15-21-19-8-3-1-6-17(19)18-7-2-4-9-20(18)21/h1-10,13,16,21-22,24H,11-12,14-15H2,(H,28,33)(H,29,30)(H,31,32). The fourth-order valence-corrected chi connectivity index (χ4v) is 5.42. The molecular weight excluding hydrogens is 464 g/mol. The van der Waals surface area contributed by atoms with Crippen molar-refractivity contribution in [3.8, 4) is 11.1 Å². The summed E-state index contributed by atoms with van der Waals surface area (Å²) in [5.41, 5.74) is 4.48. The molecule has 2 unspecified atom stereocenters. The SMILES string of the molecule is O=C(NC(CC1CC1)C(=O)NC(C(=O)O)c1cccs1)OCC1c2ccccc2-c2ccccc21. The first-order chi connectivity index (χ1) is 17.0. The molecule has 5 rings (SSSR count). The number of carboxylic acids is 1. The van der Waals surface area contributed by atoms with Crippen molar-refractivity contribution >= 4 is 29.3 Å². The van der Waals surface area contributed by atoms with Gasteiger partial charge < -0.3 is 20.5 Å². The number of hydrogen-bond acceptors (Lipinski definition) is 5. The number of ether oxygens (including phenoxy) is 1. The van der Waals surface area contributed by atoms with Crippen LogP contribution in [0.3, 0.4) is 0 Å². The summed E-state index contributed by atoms with van der Waals surface area (Å²) in [4.78, 5) is 38.0. The summed E-state index contributed by atoms with van der Waals surface area (Å²) in [6.45, 7) is 0.143. The second kappa shape index (κ2) is 9.92. The Balaban J connectivity index is 1.25. The van der Waals surface area contributed by atoms with Crippen LogP contribution in [0, 0.1) is 5.92 Å². The van der Waals surface area contributed by atoms with E-state index in [9.17, 15) is 19.5 Å². The molecule has 0 radical (unpaired) electrons. The van der Waals surface area contributed by atoms with Gasteiger partial charge in [0, 0.05) is 10.8 Å². The van der Waals surface area contributed by atoms with E-state index in [1.165, 1.54) is 11.3 Å². The molecule has 8 heteroatoms. The number of amides is 2. The Morgan fingerprint density at radius 2 is 1.60 bits per heavy atom. The van der Waals surface area contributed by atoms with E-state index in [1.54, 1.807) is 17.5 Å². The number of hydrogen-bond donors (Lipinski definition) is 3. The monoisotopic (exact) mass is 490 g/mol.